The van der Waals surface area contributed by atoms with Gasteiger partial charge in [0.15, 0.2) is 5.69 Å². The van der Waals surface area contributed by atoms with Gasteiger partial charge in [-0.2, -0.15) is 5.26 Å². The molecule has 6 nitrogen and oxygen atoms in total. The maximum absolute atomic E-state index is 11.2. The van der Waals surface area contributed by atoms with E-state index in [1.807, 2.05) is 0 Å². The molecule has 0 atom stereocenters. The maximum atomic E-state index is 11.2. The van der Waals surface area contributed by atoms with Crippen molar-refractivity contribution in [1.29, 1.82) is 5.26 Å². The Morgan fingerprint density at radius 2 is 2.11 bits per heavy atom. The molecular formula is C12H10N4O2. The molecular weight excluding hydrogens is 232 g/mol. The zero-order valence-electron chi connectivity index (χ0n) is 9.38. The molecule has 90 valence electrons. The number of H-pyrrole nitrogens is 1. The fraction of sp³-hybridized carbons (Fsp3) is 0.0833. The van der Waals surface area contributed by atoms with Gasteiger partial charge in [-0.05, 0) is 17.7 Å². The zero-order chi connectivity index (χ0) is 13.0. The van der Waals surface area contributed by atoms with Gasteiger partial charge in [-0.15, -0.1) is 0 Å². The monoisotopic (exact) mass is 242 g/mol. The Labute approximate surface area is 103 Å². The number of nitrogens with two attached hydrogens (primary N) is 1. The maximum Gasteiger partial charge on any atom is 0.277 e. The molecule has 0 fully saturated rings. The zero-order valence-corrected chi connectivity index (χ0v) is 9.38. The van der Waals surface area contributed by atoms with Crippen LogP contribution in [-0.4, -0.2) is 9.97 Å². The minimum absolute atomic E-state index is 0.0618. The molecule has 0 aliphatic rings. The largest absolute Gasteiger partial charge is 0.437 e. The van der Waals surface area contributed by atoms with Gasteiger partial charge >= 0.3 is 0 Å². The number of nitrogen functional groups attached to an aromatic ring is 1. The van der Waals surface area contributed by atoms with E-state index >= 15 is 0 Å². The number of ether oxygens (including phenoxy) is 1. The van der Waals surface area contributed by atoms with Crippen molar-refractivity contribution in [3.8, 4) is 17.7 Å². The van der Waals surface area contributed by atoms with Gasteiger partial charge in [0, 0.05) is 0 Å². The number of benzene rings is 1. The van der Waals surface area contributed by atoms with Crippen molar-refractivity contribution in [3.05, 3.63) is 46.5 Å². The summed E-state index contributed by atoms with van der Waals surface area (Å²) in [4.78, 5) is 17.4. The summed E-state index contributed by atoms with van der Waals surface area (Å²) in [6, 6.07) is 8.96. The van der Waals surface area contributed by atoms with Crippen molar-refractivity contribution >= 4 is 5.69 Å². The average Bonchev–Trinajstić information content (AvgIpc) is 2.38. The lowest BCUT2D eigenvalue weighted by Gasteiger charge is -2.06. The van der Waals surface area contributed by atoms with Crippen LogP contribution in [0.25, 0.3) is 0 Å². The molecule has 0 aliphatic carbocycles. The van der Waals surface area contributed by atoms with Crippen LogP contribution in [0.2, 0.25) is 0 Å². The molecule has 0 saturated carbocycles. The molecule has 18 heavy (non-hydrogen) atoms. The summed E-state index contributed by atoms with van der Waals surface area (Å²) in [5, 5.41) is 8.55. The Bertz CT molecular complexity index is 640. The van der Waals surface area contributed by atoms with Crippen molar-refractivity contribution in [2.75, 3.05) is 5.73 Å². The van der Waals surface area contributed by atoms with E-state index < -0.39 is 5.56 Å². The predicted octanol–water partition coefficient (Wildman–Crippen LogP) is 1.21. The lowest BCUT2D eigenvalue weighted by molar-refractivity contribution is 0.463. The molecule has 2 aromatic rings. The summed E-state index contributed by atoms with van der Waals surface area (Å²) < 4.78 is 5.38. The Morgan fingerprint density at radius 3 is 2.78 bits per heavy atom. The number of anilines is 1. The normalized spacial score (nSPS) is 9.72. The summed E-state index contributed by atoms with van der Waals surface area (Å²) in [6.45, 7) is 0. The summed E-state index contributed by atoms with van der Waals surface area (Å²) in [5.41, 5.74) is 5.91. The minimum Gasteiger partial charge on any atom is -0.437 e. The Hall–Kier alpha value is -2.81. The first-order valence-electron chi connectivity index (χ1n) is 5.17. The number of nitriles is 1. The summed E-state index contributed by atoms with van der Waals surface area (Å²) in [7, 11) is 0. The van der Waals surface area contributed by atoms with Crippen molar-refractivity contribution in [2.24, 2.45) is 0 Å². The van der Waals surface area contributed by atoms with Crippen LogP contribution in [0.1, 0.15) is 5.56 Å². The highest BCUT2D eigenvalue weighted by Crippen LogP contribution is 2.22. The number of rotatable bonds is 3. The highest BCUT2D eigenvalue weighted by molar-refractivity contribution is 5.47. The topological polar surface area (TPSA) is 105 Å². The van der Waals surface area contributed by atoms with Gasteiger partial charge in [0.25, 0.3) is 5.56 Å². The van der Waals surface area contributed by atoms with Crippen LogP contribution >= 0.6 is 0 Å². The Morgan fingerprint density at radius 1 is 1.39 bits per heavy atom. The highest BCUT2D eigenvalue weighted by Gasteiger charge is 2.06. The molecule has 6 heteroatoms. The Balaban J connectivity index is 2.21. The number of hydrogen-bond acceptors (Lipinski definition) is 5. The fourth-order valence-electron chi connectivity index (χ4n) is 1.35. The molecule has 0 radical (unpaired) electrons. The van der Waals surface area contributed by atoms with Gasteiger partial charge in [-0.1, -0.05) is 12.1 Å². The summed E-state index contributed by atoms with van der Waals surface area (Å²) in [6.07, 6.45) is 1.56. The van der Waals surface area contributed by atoms with Crippen LogP contribution in [0.3, 0.4) is 0 Å². The lowest BCUT2D eigenvalue weighted by atomic mass is 10.2. The highest BCUT2D eigenvalue weighted by atomic mass is 16.5. The molecule has 0 aliphatic heterocycles. The SMILES string of the molecule is N#CCc1ccc(Oc2nc[nH]c(=O)c2N)cc1. The third-order valence-corrected chi connectivity index (χ3v) is 2.27. The third kappa shape index (κ3) is 2.47. The number of nitrogens with one attached hydrogen (secondary N) is 1. The summed E-state index contributed by atoms with van der Waals surface area (Å²) >= 11 is 0. The molecule has 1 aromatic carbocycles. The average molecular weight is 242 g/mol. The molecule has 2 rings (SSSR count). The van der Waals surface area contributed by atoms with Crippen molar-refractivity contribution in [3.63, 3.8) is 0 Å². The predicted molar refractivity (Wildman–Crippen MR) is 65.1 cm³/mol. The number of aromatic nitrogens is 2. The van der Waals surface area contributed by atoms with Crippen molar-refractivity contribution in [2.45, 2.75) is 6.42 Å². The standard InChI is InChI=1S/C12H10N4O2/c13-6-5-8-1-3-9(4-2-8)18-12-10(14)11(17)15-7-16-12/h1-4,7H,5,14H2,(H,15,16,17). The van der Waals surface area contributed by atoms with Crippen LogP contribution in [0.5, 0.6) is 11.6 Å². The van der Waals surface area contributed by atoms with E-state index in [9.17, 15) is 4.79 Å². The lowest BCUT2D eigenvalue weighted by Crippen LogP contribution is -2.13. The molecule has 0 bridgehead atoms. The Kier molecular flexibility index (Phi) is 3.25. The molecule has 0 unspecified atom stereocenters. The van der Waals surface area contributed by atoms with Gasteiger partial charge in [0.05, 0.1) is 18.8 Å². The third-order valence-electron chi connectivity index (χ3n) is 2.27. The van der Waals surface area contributed by atoms with E-state index in [-0.39, 0.29) is 11.6 Å². The van der Waals surface area contributed by atoms with E-state index in [4.69, 9.17) is 15.7 Å². The number of hydrogen-bond donors (Lipinski definition) is 2. The van der Waals surface area contributed by atoms with E-state index in [1.54, 1.807) is 24.3 Å². The number of nitrogens with zero attached hydrogens (tertiary/aromatic N) is 2. The quantitative estimate of drug-likeness (QED) is 0.841. The first-order valence-corrected chi connectivity index (χ1v) is 5.17. The second-order valence-electron chi connectivity index (χ2n) is 3.53. The van der Waals surface area contributed by atoms with Gasteiger partial charge in [-0.25, -0.2) is 4.98 Å². The second-order valence-corrected chi connectivity index (χ2v) is 3.53. The molecule has 0 saturated heterocycles. The molecule has 1 aromatic heterocycles. The molecule has 0 spiro atoms. The van der Waals surface area contributed by atoms with Crippen LogP contribution in [0.15, 0.2) is 35.4 Å². The molecule has 3 N–H and O–H groups in total. The fourth-order valence-corrected chi connectivity index (χ4v) is 1.35. The van der Waals surface area contributed by atoms with E-state index in [0.717, 1.165) is 5.56 Å². The van der Waals surface area contributed by atoms with Gasteiger partial charge in [0.2, 0.25) is 5.88 Å². The van der Waals surface area contributed by atoms with E-state index in [1.165, 1.54) is 6.33 Å². The molecule has 0 amide bonds. The van der Waals surface area contributed by atoms with Crippen molar-refractivity contribution < 1.29 is 4.74 Å². The van der Waals surface area contributed by atoms with E-state index in [2.05, 4.69) is 16.0 Å². The summed E-state index contributed by atoms with van der Waals surface area (Å²) in [5.74, 6) is 0.563. The first-order chi connectivity index (χ1) is 8.70. The second kappa shape index (κ2) is 5.01. The van der Waals surface area contributed by atoms with Gasteiger partial charge in [0.1, 0.15) is 5.75 Å². The number of aromatic amines is 1. The van der Waals surface area contributed by atoms with E-state index in [0.29, 0.717) is 12.2 Å². The smallest absolute Gasteiger partial charge is 0.277 e. The van der Waals surface area contributed by atoms with Gasteiger partial charge < -0.3 is 15.5 Å². The minimum atomic E-state index is -0.443. The molecule has 1 heterocycles. The first kappa shape index (κ1) is 11.7. The van der Waals surface area contributed by atoms with Crippen LogP contribution in [-0.2, 0) is 6.42 Å². The van der Waals surface area contributed by atoms with Crippen LogP contribution in [0, 0.1) is 11.3 Å². The van der Waals surface area contributed by atoms with Gasteiger partial charge in [-0.3, -0.25) is 4.79 Å². The van der Waals surface area contributed by atoms with Crippen LogP contribution < -0.4 is 16.0 Å². The van der Waals surface area contributed by atoms with Crippen LogP contribution in [0.4, 0.5) is 5.69 Å². The van der Waals surface area contributed by atoms with Crippen molar-refractivity contribution in [1.82, 2.24) is 9.97 Å².